The predicted molar refractivity (Wildman–Crippen MR) is 71.3 cm³/mol. The van der Waals surface area contributed by atoms with Crippen LogP contribution in [0.15, 0.2) is 0 Å². The lowest BCUT2D eigenvalue weighted by Crippen LogP contribution is -2.69. The minimum Gasteiger partial charge on any atom is -0.303 e. The molecule has 0 aliphatic carbocycles. The van der Waals surface area contributed by atoms with Crippen LogP contribution in [0.5, 0.6) is 0 Å². The number of piperazine rings is 1. The Labute approximate surface area is 106 Å². The summed E-state index contributed by atoms with van der Waals surface area (Å²) in [6, 6.07) is 2.55. The first kappa shape index (κ1) is 11.9. The summed E-state index contributed by atoms with van der Waals surface area (Å²) in [5.41, 5.74) is 0.363. The van der Waals surface area contributed by atoms with E-state index in [2.05, 4.69) is 42.5 Å². The normalized spacial score (nSPS) is 37.4. The van der Waals surface area contributed by atoms with E-state index in [0.717, 1.165) is 18.1 Å². The number of rotatable bonds is 1. The van der Waals surface area contributed by atoms with Gasteiger partial charge in [0.1, 0.15) is 0 Å². The maximum atomic E-state index is 2.86. The van der Waals surface area contributed by atoms with Gasteiger partial charge >= 0.3 is 0 Å². The van der Waals surface area contributed by atoms with E-state index in [-0.39, 0.29) is 0 Å². The molecular weight excluding hydrogens is 210 g/mol. The number of likely N-dealkylation sites (N-methyl/N-ethyl adjacent to an activating group) is 1. The van der Waals surface area contributed by atoms with Crippen molar-refractivity contribution in [1.82, 2.24) is 14.7 Å². The Kier molecular flexibility index (Phi) is 2.77. The third-order valence-corrected chi connectivity index (χ3v) is 4.95. The van der Waals surface area contributed by atoms with Crippen molar-refractivity contribution in [2.45, 2.75) is 57.3 Å². The van der Waals surface area contributed by atoms with Crippen molar-refractivity contribution in [3.05, 3.63) is 0 Å². The third kappa shape index (κ3) is 2.02. The Morgan fingerprint density at radius 1 is 0.824 bits per heavy atom. The molecule has 0 aromatic rings. The van der Waals surface area contributed by atoms with E-state index < -0.39 is 0 Å². The van der Waals surface area contributed by atoms with Crippen LogP contribution >= 0.6 is 0 Å². The van der Waals surface area contributed by atoms with Gasteiger partial charge in [-0.15, -0.1) is 0 Å². The number of hydrogen-bond acceptors (Lipinski definition) is 3. The molecular formula is C14H27N3. The minimum atomic E-state index is 0.363. The van der Waals surface area contributed by atoms with Gasteiger partial charge in [0.05, 0.1) is 0 Å². The van der Waals surface area contributed by atoms with E-state index in [1.807, 2.05) is 0 Å². The number of nitrogens with zero attached hydrogens (tertiary/aromatic N) is 3. The molecule has 0 radical (unpaired) electrons. The maximum absolute atomic E-state index is 2.86. The lowest BCUT2D eigenvalue weighted by atomic mass is 9.95. The highest BCUT2D eigenvalue weighted by Gasteiger charge is 2.47. The van der Waals surface area contributed by atoms with Crippen LogP contribution in [0.3, 0.4) is 0 Å². The lowest BCUT2D eigenvalue weighted by Gasteiger charge is -2.55. The Morgan fingerprint density at radius 3 is 1.82 bits per heavy atom. The summed E-state index contributed by atoms with van der Waals surface area (Å²) in [5, 5.41) is 0. The molecule has 0 aromatic heterocycles. The number of fused-ring (bicyclic) bond motifs is 2. The molecule has 0 amide bonds. The molecule has 3 saturated heterocycles. The molecule has 3 heterocycles. The van der Waals surface area contributed by atoms with E-state index in [4.69, 9.17) is 0 Å². The Balaban J connectivity index is 1.61. The molecule has 0 spiro atoms. The zero-order valence-corrected chi connectivity index (χ0v) is 11.8. The summed E-state index contributed by atoms with van der Waals surface area (Å²) in [6.07, 6.45) is 2.86. The van der Waals surface area contributed by atoms with Crippen LogP contribution in [0.1, 0.15) is 33.6 Å². The van der Waals surface area contributed by atoms with Gasteiger partial charge in [-0.05, 0) is 40.7 Å². The van der Waals surface area contributed by atoms with Crippen LogP contribution in [-0.2, 0) is 0 Å². The summed E-state index contributed by atoms with van der Waals surface area (Å²) in [7, 11) is 2.28. The van der Waals surface area contributed by atoms with Crippen LogP contribution in [0, 0.1) is 0 Å². The molecule has 3 aliphatic heterocycles. The molecule has 3 fully saturated rings. The number of likely N-dealkylation sites (tertiary alicyclic amines) is 2. The molecule has 17 heavy (non-hydrogen) atoms. The lowest BCUT2D eigenvalue weighted by molar-refractivity contribution is -0.0621. The van der Waals surface area contributed by atoms with E-state index in [1.165, 1.54) is 39.0 Å². The van der Waals surface area contributed by atoms with Crippen LogP contribution in [0.25, 0.3) is 0 Å². The SMILES string of the molecule is CN1CC2CCC(C1)N2C1CN(C(C)(C)C)C1. The van der Waals surface area contributed by atoms with Gasteiger partial charge in [0.2, 0.25) is 0 Å². The molecule has 3 heteroatoms. The highest BCUT2D eigenvalue weighted by atomic mass is 15.4. The summed E-state index contributed by atoms with van der Waals surface area (Å²) in [6.45, 7) is 12.2. The van der Waals surface area contributed by atoms with Crippen molar-refractivity contribution in [2.75, 3.05) is 33.2 Å². The molecule has 3 rings (SSSR count). The fraction of sp³-hybridized carbons (Fsp3) is 1.00. The molecule has 98 valence electrons. The van der Waals surface area contributed by atoms with Gasteiger partial charge < -0.3 is 4.90 Å². The maximum Gasteiger partial charge on any atom is 0.0357 e. The van der Waals surface area contributed by atoms with Crippen molar-refractivity contribution in [2.24, 2.45) is 0 Å². The molecule has 0 N–H and O–H groups in total. The smallest absolute Gasteiger partial charge is 0.0357 e. The summed E-state index contributed by atoms with van der Waals surface area (Å²) < 4.78 is 0. The summed E-state index contributed by atoms with van der Waals surface area (Å²) in [5.74, 6) is 0. The fourth-order valence-corrected chi connectivity index (χ4v) is 3.93. The molecule has 0 aromatic carbocycles. The van der Waals surface area contributed by atoms with Crippen molar-refractivity contribution >= 4 is 0 Å². The van der Waals surface area contributed by atoms with Crippen LogP contribution in [-0.4, -0.2) is 71.6 Å². The largest absolute Gasteiger partial charge is 0.303 e. The number of hydrogen-bond donors (Lipinski definition) is 0. The quantitative estimate of drug-likeness (QED) is 0.679. The van der Waals surface area contributed by atoms with E-state index in [1.54, 1.807) is 0 Å². The van der Waals surface area contributed by atoms with Crippen molar-refractivity contribution in [3.8, 4) is 0 Å². The first-order chi connectivity index (χ1) is 7.95. The Bertz CT molecular complexity index is 276. The van der Waals surface area contributed by atoms with Crippen LogP contribution in [0.4, 0.5) is 0 Å². The molecule has 0 saturated carbocycles. The van der Waals surface area contributed by atoms with Crippen molar-refractivity contribution in [3.63, 3.8) is 0 Å². The second kappa shape index (κ2) is 3.94. The topological polar surface area (TPSA) is 9.72 Å². The second-order valence-electron chi connectivity index (χ2n) is 7.28. The van der Waals surface area contributed by atoms with Gasteiger partial charge in [0, 0.05) is 49.8 Å². The summed E-state index contributed by atoms with van der Waals surface area (Å²) >= 11 is 0. The fourth-order valence-electron chi connectivity index (χ4n) is 3.93. The monoisotopic (exact) mass is 237 g/mol. The summed E-state index contributed by atoms with van der Waals surface area (Å²) in [4.78, 5) is 8.01. The van der Waals surface area contributed by atoms with Gasteiger partial charge in [0.15, 0.2) is 0 Å². The standard InChI is InChI=1S/C14H27N3/c1-14(2,3)16-9-13(10-16)17-11-5-6-12(17)8-15(4)7-11/h11-13H,5-10H2,1-4H3. The molecule has 2 unspecified atom stereocenters. The van der Waals surface area contributed by atoms with E-state index in [9.17, 15) is 0 Å². The Hall–Kier alpha value is -0.120. The van der Waals surface area contributed by atoms with Crippen LogP contribution < -0.4 is 0 Å². The van der Waals surface area contributed by atoms with Crippen molar-refractivity contribution < 1.29 is 0 Å². The first-order valence-corrected chi connectivity index (χ1v) is 7.16. The molecule has 3 aliphatic rings. The Morgan fingerprint density at radius 2 is 1.35 bits per heavy atom. The van der Waals surface area contributed by atoms with Gasteiger partial charge in [-0.3, -0.25) is 9.80 Å². The van der Waals surface area contributed by atoms with Gasteiger partial charge in [-0.1, -0.05) is 0 Å². The van der Waals surface area contributed by atoms with Gasteiger partial charge in [-0.2, -0.15) is 0 Å². The first-order valence-electron chi connectivity index (χ1n) is 7.16. The van der Waals surface area contributed by atoms with E-state index >= 15 is 0 Å². The van der Waals surface area contributed by atoms with Crippen molar-refractivity contribution in [1.29, 1.82) is 0 Å². The minimum absolute atomic E-state index is 0.363. The second-order valence-corrected chi connectivity index (χ2v) is 7.28. The highest BCUT2D eigenvalue weighted by Crippen LogP contribution is 2.35. The predicted octanol–water partition coefficient (Wildman–Crippen LogP) is 1.25. The molecule has 2 bridgehead atoms. The average Bonchev–Trinajstić information content (AvgIpc) is 2.40. The molecule has 2 atom stereocenters. The highest BCUT2D eigenvalue weighted by molar-refractivity contribution is 5.04. The van der Waals surface area contributed by atoms with Gasteiger partial charge in [0.25, 0.3) is 0 Å². The zero-order valence-electron chi connectivity index (χ0n) is 11.8. The zero-order chi connectivity index (χ0) is 12.2. The third-order valence-electron chi connectivity index (χ3n) is 4.95. The van der Waals surface area contributed by atoms with E-state index in [0.29, 0.717) is 5.54 Å². The molecule has 3 nitrogen and oxygen atoms in total. The van der Waals surface area contributed by atoms with Gasteiger partial charge in [-0.25, -0.2) is 0 Å². The average molecular weight is 237 g/mol. The van der Waals surface area contributed by atoms with Crippen LogP contribution in [0.2, 0.25) is 0 Å².